The molecule has 1 heterocycles. The summed E-state index contributed by atoms with van der Waals surface area (Å²) >= 11 is 0. The summed E-state index contributed by atoms with van der Waals surface area (Å²) in [5.74, 6) is 0.246. The topological polar surface area (TPSA) is 97.5 Å². The molecule has 4 aromatic rings. The van der Waals surface area contributed by atoms with Gasteiger partial charge in [0.05, 0.1) is 29.5 Å². The molecule has 0 bridgehead atoms. The molecule has 0 aliphatic carbocycles. The van der Waals surface area contributed by atoms with Gasteiger partial charge >= 0.3 is 5.97 Å². The van der Waals surface area contributed by atoms with Crippen LogP contribution < -0.4 is 0 Å². The summed E-state index contributed by atoms with van der Waals surface area (Å²) in [6.45, 7) is 0. The van der Waals surface area contributed by atoms with Crippen LogP contribution in [0, 0.1) is 0 Å². The predicted molar refractivity (Wildman–Crippen MR) is 107 cm³/mol. The van der Waals surface area contributed by atoms with Crippen LogP contribution >= 0.6 is 0 Å². The molecule has 7 heteroatoms. The van der Waals surface area contributed by atoms with E-state index >= 15 is 0 Å². The maximum atomic E-state index is 11.9. The van der Waals surface area contributed by atoms with Crippen LogP contribution in [0.25, 0.3) is 28.5 Å². The fourth-order valence-electron chi connectivity index (χ4n) is 2.99. The Hall–Kier alpha value is -4.13. The molecule has 7 nitrogen and oxygen atoms in total. The lowest BCUT2D eigenvalue weighted by atomic mass is 10.1. The van der Waals surface area contributed by atoms with Crippen molar-refractivity contribution < 1.29 is 19.7 Å². The van der Waals surface area contributed by atoms with Crippen molar-refractivity contribution in [3.8, 4) is 40.0 Å². The number of rotatable bonds is 4. The van der Waals surface area contributed by atoms with Crippen LogP contribution in [-0.4, -0.2) is 38.1 Å². The molecule has 0 atom stereocenters. The zero-order valence-electron chi connectivity index (χ0n) is 15.5. The van der Waals surface area contributed by atoms with E-state index < -0.39 is 5.97 Å². The van der Waals surface area contributed by atoms with Crippen LogP contribution in [0.3, 0.4) is 0 Å². The second-order valence-corrected chi connectivity index (χ2v) is 6.25. The maximum Gasteiger partial charge on any atom is 0.337 e. The molecule has 0 aliphatic rings. The van der Waals surface area contributed by atoms with E-state index in [0.29, 0.717) is 28.2 Å². The molecule has 0 spiro atoms. The third kappa shape index (κ3) is 3.41. The van der Waals surface area contributed by atoms with Crippen molar-refractivity contribution in [2.24, 2.45) is 0 Å². The van der Waals surface area contributed by atoms with Crippen LogP contribution in [0.1, 0.15) is 10.4 Å². The number of benzene rings is 3. The van der Waals surface area contributed by atoms with E-state index in [9.17, 15) is 15.0 Å². The molecule has 2 N–H and O–H groups in total. The molecular formula is C22H17N3O4. The van der Waals surface area contributed by atoms with Gasteiger partial charge in [0.25, 0.3) is 0 Å². The van der Waals surface area contributed by atoms with Gasteiger partial charge < -0.3 is 14.9 Å². The lowest BCUT2D eigenvalue weighted by molar-refractivity contribution is 0.0600. The fourth-order valence-corrected chi connectivity index (χ4v) is 2.99. The number of carbonyl (C=O) groups is 1. The summed E-state index contributed by atoms with van der Waals surface area (Å²) in [5.41, 5.74) is 1.82. The molecule has 0 aliphatic heterocycles. The Morgan fingerprint density at radius 3 is 2.21 bits per heavy atom. The monoisotopic (exact) mass is 387 g/mol. The minimum Gasteiger partial charge on any atom is -0.507 e. The normalized spacial score (nSPS) is 10.7. The Kier molecular flexibility index (Phi) is 4.70. The van der Waals surface area contributed by atoms with Gasteiger partial charge in [0.1, 0.15) is 11.5 Å². The Morgan fingerprint density at radius 1 is 0.897 bits per heavy atom. The molecule has 0 saturated carbocycles. The zero-order chi connectivity index (χ0) is 20.4. The summed E-state index contributed by atoms with van der Waals surface area (Å²) in [7, 11) is 1.31. The Bertz CT molecular complexity index is 1200. The predicted octanol–water partition coefficient (Wildman–Crippen LogP) is 3.80. The average molecular weight is 387 g/mol. The number of phenolic OH excluding ortho intramolecular Hbond substituents is 2. The van der Waals surface area contributed by atoms with Gasteiger partial charge in [-0.25, -0.2) is 14.5 Å². The Labute approximate surface area is 166 Å². The van der Waals surface area contributed by atoms with Crippen molar-refractivity contribution in [2.75, 3.05) is 7.11 Å². The maximum absolute atomic E-state index is 11.9. The SMILES string of the molecule is COC(=O)c1cccc(-n2nc(-c3ccccc3O)nc2-c2ccccc2O)c1. The third-order valence-electron chi connectivity index (χ3n) is 4.41. The molecule has 4 rings (SSSR count). The Balaban J connectivity index is 1.94. The number of carbonyl (C=O) groups excluding carboxylic acids is 1. The number of aromatic hydroxyl groups is 2. The number of hydrogen-bond donors (Lipinski definition) is 2. The number of ether oxygens (including phenoxy) is 1. The van der Waals surface area contributed by atoms with Crippen LogP contribution in [0.15, 0.2) is 72.8 Å². The molecule has 0 amide bonds. The van der Waals surface area contributed by atoms with Gasteiger partial charge in [-0.15, -0.1) is 5.10 Å². The van der Waals surface area contributed by atoms with Crippen molar-refractivity contribution in [2.45, 2.75) is 0 Å². The van der Waals surface area contributed by atoms with Crippen LogP contribution in [0.2, 0.25) is 0 Å². The minimum absolute atomic E-state index is 0.0362. The van der Waals surface area contributed by atoms with Crippen molar-refractivity contribution in [1.82, 2.24) is 14.8 Å². The number of para-hydroxylation sites is 2. The van der Waals surface area contributed by atoms with Crippen LogP contribution in [0.4, 0.5) is 0 Å². The number of nitrogens with zero attached hydrogens (tertiary/aromatic N) is 3. The van der Waals surface area contributed by atoms with Crippen molar-refractivity contribution in [1.29, 1.82) is 0 Å². The second kappa shape index (κ2) is 7.47. The fraction of sp³-hybridized carbons (Fsp3) is 0.0455. The van der Waals surface area contributed by atoms with Gasteiger partial charge in [-0.3, -0.25) is 0 Å². The number of aromatic nitrogens is 3. The summed E-state index contributed by atoms with van der Waals surface area (Å²) in [6, 6.07) is 20.2. The first-order valence-electron chi connectivity index (χ1n) is 8.81. The van der Waals surface area contributed by atoms with Gasteiger partial charge in [0.15, 0.2) is 11.6 Å². The molecule has 0 saturated heterocycles. The van der Waals surface area contributed by atoms with E-state index in [4.69, 9.17) is 4.74 Å². The van der Waals surface area contributed by atoms with E-state index in [1.54, 1.807) is 72.8 Å². The highest BCUT2D eigenvalue weighted by atomic mass is 16.5. The quantitative estimate of drug-likeness (QED) is 0.517. The first-order chi connectivity index (χ1) is 14.1. The van der Waals surface area contributed by atoms with Crippen molar-refractivity contribution in [3.63, 3.8) is 0 Å². The first kappa shape index (κ1) is 18.2. The van der Waals surface area contributed by atoms with E-state index in [-0.39, 0.29) is 17.3 Å². The average Bonchev–Trinajstić information content (AvgIpc) is 3.19. The summed E-state index contributed by atoms with van der Waals surface area (Å²) < 4.78 is 6.31. The summed E-state index contributed by atoms with van der Waals surface area (Å²) in [4.78, 5) is 16.5. The van der Waals surface area contributed by atoms with Gasteiger partial charge in [-0.2, -0.15) is 0 Å². The molecule has 1 aromatic heterocycles. The highest BCUT2D eigenvalue weighted by Crippen LogP contribution is 2.33. The van der Waals surface area contributed by atoms with Gasteiger partial charge in [-0.05, 0) is 42.5 Å². The van der Waals surface area contributed by atoms with Gasteiger partial charge in [0.2, 0.25) is 0 Å². The summed E-state index contributed by atoms with van der Waals surface area (Å²) in [6.07, 6.45) is 0. The lowest BCUT2D eigenvalue weighted by Gasteiger charge is -2.08. The standard InChI is InChI=1S/C22H17N3O4/c1-29-22(28)14-7-6-8-15(13-14)25-21(17-10-3-5-12-19(17)27)23-20(24-25)16-9-2-4-11-18(16)26/h2-13,26-27H,1H3. The molecular weight excluding hydrogens is 370 g/mol. The summed E-state index contributed by atoms with van der Waals surface area (Å²) in [5, 5.41) is 25.1. The largest absolute Gasteiger partial charge is 0.507 e. The first-order valence-corrected chi connectivity index (χ1v) is 8.81. The van der Waals surface area contributed by atoms with Crippen LogP contribution in [0.5, 0.6) is 11.5 Å². The molecule has 144 valence electrons. The number of methoxy groups -OCH3 is 1. The molecule has 29 heavy (non-hydrogen) atoms. The van der Waals surface area contributed by atoms with E-state index in [0.717, 1.165) is 0 Å². The van der Waals surface area contributed by atoms with E-state index in [1.165, 1.54) is 11.8 Å². The molecule has 3 aromatic carbocycles. The van der Waals surface area contributed by atoms with Crippen LogP contribution in [-0.2, 0) is 4.74 Å². The van der Waals surface area contributed by atoms with Gasteiger partial charge in [0, 0.05) is 0 Å². The second-order valence-electron chi connectivity index (χ2n) is 6.25. The number of phenols is 2. The highest BCUT2D eigenvalue weighted by Gasteiger charge is 2.19. The third-order valence-corrected chi connectivity index (χ3v) is 4.41. The van der Waals surface area contributed by atoms with E-state index in [2.05, 4.69) is 10.1 Å². The number of hydrogen-bond acceptors (Lipinski definition) is 6. The Morgan fingerprint density at radius 2 is 1.55 bits per heavy atom. The van der Waals surface area contributed by atoms with Gasteiger partial charge in [-0.1, -0.05) is 30.3 Å². The van der Waals surface area contributed by atoms with Crippen molar-refractivity contribution >= 4 is 5.97 Å². The molecule has 0 unspecified atom stereocenters. The molecule has 0 radical (unpaired) electrons. The molecule has 0 fully saturated rings. The number of esters is 1. The smallest absolute Gasteiger partial charge is 0.337 e. The minimum atomic E-state index is -0.475. The van der Waals surface area contributed by atoms with E-state index in [1.807, 2.05) is 0 Å². The van der Waals surface area contributed by atoms with Crippen molar-refractivity contribution in [3.05, 3.63) is 78.4 Å². The zero-order valence-corrected chi connectivity index (χ0v) is 15.5. The lowest BCUT2D eigenvalue weighted by Crippen LogP contribution is -2.05. The highest BCUT2D eigenvalue weighted by molar-refractivity contribution is 5.90.